The Bertz CT molecular complexity index is 920. The Morgan fingerprint density at radius 1 is 1.19 bits per heavy atom. The third-order valence-electron chi connectivity index (χ3n) is 5.06. The van der Waals surface area contributed by atoms with Gasteiger partial charge >= 0.3 is 0 Å². The fraction of sp³-hybridized carbons (Fsp3) is 0.273. The molecule has 1 aromatic heterocycles. The van der Waals surface area contributed by atoms with E-state index in [1.807, 2.05) is 61.6 Å². The van der Waals surface area contributed by atoms with Gasteiger partial charge in [0.15, 0.2) is 0 Å². The van der Waals surface area contributed by atoms with Crippen molar-refractivity contribution in [2.75, 3.05) is 7.05 Å². The molecule has 2 aromatic carbocycles. The molecule has 3 aromatic rings. The van der Waals surface area contributed by atoms with Gasteiger partial charge in [-0.3, -0.25) is 4.79 Å². The maximum atomic E-state index is 13.0. The molecule has 138 valence electrons. The first-order chi connectivity index (χ1) is 13.2. The van der Waals surface area contributed by atoms with E-state index < -0.39 is 0 Å². The lowest BCUT2D eigenvalue weighted by Crippen LogP contribution is -2.35. The second kappa shape index (κ2) is 7.66. The van der Waals surface area contributed by atoms with Gasteiger partial charge < -0.3 is 14.6 Å². The first-order valence-electron chi connectivity index (χ1n) is 9.27. The molecule has 4 rings (SSSR count). The lowest BCUT2D eigenvalue weighted by Gasteiger charge is -2.26. The number of nitrogens with one attached hydrogen (secondary N) is 1. The third kappa shape index (κ3) is 3.87. The zero-order valence-electron chi connectivity index (χ0n) is 15.4. The summed E-state index contributed by atoms with van der Waals surface area (Å²) in [6.07, 6.45) is 4.17. The fourth-order valence-electron chi connectivity index (χ4n) is 3.61. The van der Waals surface area contributed by atoms with Crippen LogP contribution in [0.2, 0.25) is 0 Å². The number of hydrogen-bond acceptors (Lipinski definition) is 3. The summed E-state index contributed by atoms with van der Waals surface area (Å²) in [5.74, 6) is 1.75. The van der Waals surface area contributed by atoms with E-state index in [-0.39, 0.29) is 11.8 Å². The number of imidazole rings is 1. The van der Waals surface area contributed by atoms with Crippen LogP contribution >= 0.6 is 0 Å². The summed E-state index contributed by atoms with van der Waals surface area (Å²) in [6, 6.07) is 17.6. The molecule has 1 amide bonds. The van der Waals surface area contributed by atoms with Gasteiger partial charge in [0.2, 0.25) is 5.91 Å². The van der Waals surface area contributed by atoms with E-state index >= 15 is 0 Å². The summed E-state index contributed by atoms with van der Waals surface area (Å²) in [6.45, 7) is 0.522. The number of carbonyl (C=O) groups is 1. The molecule has 5 heteroatoms. The van der Waals surface area contributed by atoms with Crippen LogP contribution in [0.25, 0.3) is 0 Å². The summed E-state index contributed by atoms with van der Waals surface area (Å²) in [4.78, 5) is 22.2. The van der Waals surface area contributed by atoms with Gasteiger partial charge in [0.1, 0.15) is 11.5 Å². The summed E-state index contributed by atoms with van der Waals surface area (Å²) in [5.41, 5.74) is 3.19. The van der Waals surface area contributed by atoms with Crippen molar-refractivity contribution in [1.82, 2.24) is 14.9 Å². The average molecular weight is 361 g/mol. The maximum absolute atomic E-state index is 13.0. The van der Waals surface area contributed by atoms with E-state index in [2.05, 4.69) is 9.97 Å². The molecule has 0 saturated carbocycles. The second-order valence-electron chi connectivity index (χ2n) is 6.98. The number of carbonyl (C=O) groups excluding carboxylic acids is 1. The molecule has 0 bridgehead atoms. The zero-order valence-corrected chi connectivity index (χ0v) is 15.4. The molecule has 27 heavy (non-hydrogen) atoms. The molecule has 0 fully saturated rings. The normalized spacial score (nSPS) is 15.8. The van der Waals surface area contributed by atoms with Crippen molar-refractivity contribution in [3.8, 4) is 11.5 Å². The predicted molar refractivity (Wildman–Crippen MR) is 104 cm³/mol. The SMILES string of the molecule is CN(Cc1ccccc1Oc1ccccc1)C(=O)C1CCc2nc[nH]c2C1. The van der Waals surface area contributed by atoms with Crippen LogP contribution in [0.15, 0.2) is 60.9 Å². The summed E-state index contributed by atoms with van der Waals surface area (Å²) in [5, 5.41) is 0. The van der Waals surface area contributed by atoms with E-state index in [4.69, 9.17) is 4.74 Å². The van der Waals surface area contributed by atoms with Crippen molar-refractivity contribution in [2.45, 2.75) is 25.8 Å². The number of H-pyrrole nitrogens is 1. The minimum Gasteiger partial charge on any atom is -0.457 e. The molecule has 0 radical (unpaired) electrons. The number of nitrogens with zero attached hydrogens (tertiary/aromatic N) is 2. The van der Waals surface area contributed by atoms with Gasteiger partial charge in [-0.2, -0.15) is 0 Å². The Hall–Kier alpha value is -3.08. The van der Waals surface area contributed by atoms with Crippen LogP contribution in [0.4, 0.5) is 0 Å². The first-order valence-corrected chi connectivity index (χ1v) is 9.27. The lowest BCUT2D eigenvalue weighted by atomic mass is 9.88. The topological polar surface area (TPSA) is 58.2 Å². The molecule has 1 aliphatic carbocycles. The lowest BCUT2D eigenvalue weighted by molar-refractivity contribution is -0.135. The Morgan fingerprint density at radius 3 is 2.81 bits per heavy atom. The number of hydrogen-bond donors (Lipinski definition) is 1. The second-order valence-corrected chi connectivity index (χ2v) is 6.98. The molecule has 1 unspecified atom stereocenters. The van der Waals surface area contributed by atoms with Crippen LogP contribution in [0.3, 0.4) is 0 Å². The molecule has 1 N–H and O–H groups in total. The van der Waals surface area contributed by atoms with Crippen molar-refractivity contribution in [3.05, 3.63) is 77.9 Å². The molecule has 1 heterocycles. The molecule has 1 atom stereocenters. The highest BCUT2D eigenvalue weighted by Crippen LogP contribution is 2.28. The van der Waals surface area contributed by atoms with Crippen LogP contribution in [0, 0.1) is 5.92 Å². The number of aromatic amines is 1. The van der Waals surface area contributed by atoms with Crippen LogP contribution in [-0.4, -0.2) is 27.8 Å². The van der Waals surface area contributed by atoms with Crippen LogP contribution in [0.1, 0.15) is 23.4 Å². The van der Waals surface area contributed by atoms with Crippen molar-refractivity contribution in [1.29, 1.82) is 0 Å². The molecular formula is C22H23N3O2. The number of ether oxygens (including phenoxy) is 1. The smallest absolute Gasteiger partial charge is 0.226 e. The average Bonchev–Trinajstić information content (AvgIpc) is 3.17. The number of rotatable bonds is 5. The highest BCUT2D eigenvalue weighted by molar-refractivity contribution is 5.79. The van der Waals surface area contributed by atoms with Crippen LogP contribution < -0.4 is 4.74 Å². The summed E-state index contributed by atoms with van der Waals surface area (Å²) < 4.78 is 6.02. The maximum Gasteiger partial charge on any atom is 0.226 e. The largest absolute Gasteiger partial charge is 0.457 e. The van der Waals surface area contributed by atoms with Crippen molar-refractivity contribution in [2.24, 2.45) is 5.92 Å². The highest BCUT2D eigenvalue weighted by Gasteiger charge is 2.28. The zero-order chi connectivity index (χ0) is 18.6. The quantitative estimate of drug-likeness (QED) is 0.748. The van der Waals surface area contributed by atoms with Gasteiger partial charge in [0.25, 0.3) is 0 Å². The van der Waals surface area contributed by atoms with E-state index in [9.17, 15) is 4.79 Å². The fourth-order valence-corrected chi connectivity index (χ4v) is 3.61. The Balaban J connectivity index is 1.45. The standard InChI is InChI=1S/C22H23N3O2/c1-25(22(26)16-11-12-19-20(13-16)24-15-23-19)14-17-7-5-6-10-21(17)27-18-8-3-2-4-9-18/h2-10,15-16H,11-14H2,1H3,(H,23,24). The number of benzene rings is 2. The Kier molecular flexibility index (Phi) is 4.92. The molecule has 0 spiro atoms. The van der Waals surface area contributed by atoms with Gasteiger partial charge in [-0.15, -0.1) is 0 Å². The number of aromatic nitrogens is 2. The summed E-state index contributed by atoms with van der Waals surface area (Å²) >= 11 is 0. The van der Waals surface area contributed by atoms with Crippen LogP contribution in [0.5, 0.6) is 11.5 Å². The van der Waals surface area contributed by atoms with Gasteiger partial charge in [0, 0.05) is 37.2 Å². The Morgan fingerprint density at radius 2 is 1.96 bits per heavy atom. The number of para-hydroxylation sites is 2. The van der Waals surface area contributed by atoms with Gasteiger partial charge in [-0.25, -0.2) is 4.98 Å². The molecule has 0 aliphatic heterocycles. The number of fused-ring (bicyclic) bond motifs is 1. The molecular weight excluding hydrogens is 338 g/mol. The molecule has 5 nitrogen and oxygen atoms in total. The summed E-state index contributed by atoms with van der Waals surface area (Å²) in [7, 11) is 1.87. The van der Waals surface area contributed by atoms with Crippen molar-refractivity contribution in [3.63, 3.8) is 0 Å². The molecule has 1 aliphatic rings. The minimum atomic E-state index is 0.00477. The number of amides is 1. The van der Waals surface area contributed by atoms with E-state index in [1.165, 1.54) is 0 Å². The molecule has 0 saturated heterocycles. The van der Waals surface area contributed by atoms with Gasteiger partial charge in [-0.1, -0.05) is 36.4 Å². The van der Waals surface area contributed by atoms with Crippen molar-refractivity contribution < 1.29 is 9.53 Å². The number of aryl methyl sites for hydroxylation is 1. The van der Waals surface area contributed by atoms with E-state index in [0.717, 1.165) is 47.7 Å². The monoisotopic (exact) mass is 361 g/mol. The van der Waals surface area contributed by atoms with Gasteiger partial charge in [0.05, 0.1) is 12.0 Å². The third-order valence-corrected chi connectivity index (χ3v) is 5.06. The first kappa shape index (κ1) is 17.3. The Labute approximate surface area is 159 Å². The van der Waals surface area contributed by atoms with E-state index in [1.54, 1.807) is 11.2 Å². The minimum absolute atomic E-state index is 0.00477. The van der Waals surface area contributed by atoms with Crippen molar-refractivity contribution >= 4 is 5.91 Å². The van der Waals surface area contributed by atoms with Gasteiger partial charge in [-0.05, 0) is 31.0 Å². The van der Waals surface area contributed by atoms with Crippen LogP contribution in [-0.2, 0) is 24.2 Å². The van der Waals surface area contributed by atoms with E-state index in [0.29, 0.717) is 6.54 Å². The highest BCUT2D eigenvalue weighted by atomic mass is 16.5. The predicted octanol–water partition coefficient (Wildman–Crippen LogP) is 3.97.